The van der Waals surface area contributed by atoms with Crippen LogP contribution >= 0.6 is 0 Å². The van der Waals surface area contributed by atoms with E-state index >= 15 is 0 Å². The van der Waals surface area contributed by atoms with Crippen LogP contribution < -0.4 is 0 Å². The van der Waals surface area contributed by atoms with E-state index in [9.17, 15) is 13.6 Å². The van der Waals surface area contributed by atoms with E-state index in [0.29, 0.717) is 19.3 Å². The first-order valence-corrected chi connectivity index (χ1v) is 6.37. The lowest BCUT2D eigenvalue weighted by Crippen LogP contribution is -2.62. The van der Waals surface area contributed by atoms with E-state index in [1.165, 1.54) is 0 Å². The molecule has 4 aliphatic carbocycles. The second kappa shape index (κ2) is 3.01. The van der Waals surface area contributed by atoms with Crippen molar-refractivity contribution in [3.05, 3.63) is 0 Å². The molecule has 2 nitrogen and oxygen atoms in total. The molecule has 4 heteroatoms. The summed E-state index contributed by atoms with van der Waals surface area (Å²) in [4.78, 5) is 11.2. The molecular weight excluding hydrogens is 226 g/mol. The van der Waals surface area contributed by atoms with Gasteiger partial charge in [0.25, 0.3) is 0 Å². The van der Waals surface area contributed by atoms with Gasteiger partial charge in [-0.25, -0.2) is 8.78 Å². The molecule has 2 unspecified atom stereocenters. The Morgan fingerprint density at radius 3 is 2.12 bits per heavy atom. The highest BCUT2D eigenvalue weighted by atomic mass is 19.2. The van der Waals surface area contributed by atoms with Crippen LogP contribution in [0.4, 0.5) is 8.78 Å². The van der Waals surface area contributed by atoms with Crippen molar-refractivity contribution in [2.45, 2.75) is 56.8 Å². The van der Waals surface area contributed by atoms with Gasteiger partial charge in [0, 0.05) is 6.42 Å². The fraction of sp³-hybridized carbons (Fsp3) is 0.923. The number of aliphatic carboxylic acids is 1. The van der Waals surface area contributed by atoms with Gasteiger partial charge in [0.05, 0.1) is 5.92 Å². The highest BCUT2D eigenvalue weighted by Crippen LogP contribution is 2.67. The Morgan fingerprint density at radius 2 is 1.71 bits per heavy atom. The summed E-state index contributed by atoms with van der Waals surface area (Å²) in [7, 11) is 0. The highest BCUT2D eigenvalue weighted by molar-refractivity contribution is 5.70. The van der Waals surface area contributed by atoms with E-state index in [1.807, 2.05) is 0 Å². The lowest BCUT2D eigenvalue weighted by atomic mass is 9.44. The van der Waals surface area contributed by atoms with Crippen molar-refractivity contribution in [3.8, 4) is 0 Å². The van der Waals surface area contributed by atoms with Gasteiger partial charge in [0.15, 0.2) is 0 Å². The summed E-state index contributed by atoms with van der Waals surface area (Å²) in [5, 5.41) is 9.17. The third kappa shape index (κ3) is 1.52. The summed E-state index contributed by atoms with van der Waals surface area (Å²) in [5.74, 6) is -1.52. The molecule has 0 aliphatic heterocycles. The fourth-order valence-electron chi connectivity index (χ4n) is 5.02. The average Bonchev–Trinajstić information content (AvgIpc) is 2.10. The Kier molecular flexibility index (Phi) is 2.02. The largest absolute Gasteiger partial charge is 0.481 e. The highest BCUT2D eigenvalue weighted by Gasteiger charge is 2.66. The van der Waals surface area contributed by atoms with Gasteiger partial charge < -0.3 is 5.11 Å². The van der Waals surface area contributed by atoms with Crippen LogP contribution in [0.15, 0.2) is 0 Å². The van der Waals surface area contributed by atoms with E-state index in [-0.39, 0.29) is 25.2 Å². The van der Waals surface area contributed by atoms with Crippen LogP contribution in [0.3, 0.4) is 0 Å². The minimum absolute atomic E-state index is 0.00934. The maximum Gasteiger partial charge on any atom is 0.306 e. The van der Waals surface area contributed by atoms with Crippen LogP contribution in [0.2, 0.25) is 0 Å². The second-order valence-corrected chi connectivity index (χ2v) is 6.73. The number of carbonyl (C=O) groups is 1. The van der Waals surface area contributed by atoms with Crippen LogP contribution in [0.5, 0.6) is 0 Å². The maximum absolute atomic E-state index is 14.6. The summed E-state index contributed by atoms with van der Waals surface area (Å²) in [5.41, 5.74) is -3.54. The zero-order valence-corrected chi connectivity index (χ0v) is 10.0. The number of carboxylic acids is 1. The summed E-state index contributed by atoms with van der Waals surface area (Å²) in [6.07, 6.45) is 2.05. The maximum atomic E-state index is 14.6. The van der Waals surface area contributed by atoms with E-state index in [2.05, 4.69) is 0 Å². The molecule has 4 saturated carbocycles. The van der Waals surface area contributed by atoms with Gasteiger partial charge >= 0.3 is 5.97 Å². The van der Waals surface area contributed by atoms with Gasteiger partial charge in [0.2, 0.25) is 0 Å². The van der Waals surface area contributed by atoms with Crippen LogP contribution in [-0.2, 0) is 4.79 Å². The first kappa shape index (κ1) is 11.4. The predicted octanol–water partition coefficient (Wildman–Crippen LogP) is 3.11. The van der Waals surface area contributed by atoms with E-state index in [1.54, 1.807) is 6.92 Å². The molecule has 0 spiro atoms. The minimum atomic E-state index is -1.45. The molecule has 4 aliphatic rings. The zero-order valence-electron chi connectivity index (χ0n) is 10.0. The lowest BCUT2D eigenvalue weighted by Gasteiger charge is -2.62. The van der Waals surface area contributed by atoms with Gasteiger partial charge in [-0.05, 0) is 43.4 Å². The third-order valence-corrected chi connectivity index (χ3v) is 5.26. The standard InChI is InChI=1S/C13H18F2O2/c1-8(10(16)17)11-2-9-3-12(14,5-11)7-13(15,4-9)6-11/h8-9H,2-7H2,1H3,(H,16,17)/t8-,9?,11?,12?,13?/m1/s1. The van der Waals surface area contributed by atoms with Crippen molar-refractivity contribution in [3.63, 3.8) is 0 Å². The van der Waals surface area contributed by atoms with Crippen molar-refractivity contribution in [1.29, 1.82) is 0 Å². The first-order chi connectivity index (χ1) is 7.76. The molecule has 4 bridgehead atoms. The predicted molar refractivity (Wildman–Crippen MR) is 58.1 cm³/mol. The van der Waals surface area contributed by atoms with Crippen molar-refractivity contribution < 1.29 is 18.7 Å². The first-order valence-electron chi connectivity index (χ1n) is 6.37. The molecule has 0 saturated heterocycles. The molecule has 4 fully saturated rings. The van der Waals surface area contributed by atoms with Gasteiger partial charge in [-0.1, -0.05) is 6.92 Å². The van der Waals surface area contributed by atoms with E-state index < -0.39 is 28.6 Å². The Hall–Kier alpha value is -0.670. The normalized spacial score (nSPS) is 53.7. The molecule has 0 amide bonds. The quantitative estimate of drug-likeness (QED) is 0.810. The van der Waals surface area contributed by atoms with Crippen molar-refractivity contribution >= 4 is 5.97 Å². The number of hydrogen-bond donors (Lipinski definition) is 1. The minimum Gasteiger partial charge on any atom is -0.481 e. The lowest BCUT2D eigenvalue weighted by molar-refractivity contribution is -0.197. The average molecular weight is 244 g/mol. The van der Waals surface area contributed by atoms with E-state index in [4.69, 9.17) is 5.11 Å². The molecule has 0 heterocycles. The van der Waals surface area contributed by atoms with Crippen molar-refractivity contribution in [2.24, 2.45) is 17.3 Å². The Balaban J connectivity index is 2.00. The third-order valence-electron chi connectivity index (χ3n) is 5.26. The van der Waals surface area contributed by atoms with Crippen LogP contribution in [0, 0.1) is 17.3 Å². The molecule has 0 aromatic carbocycles. The fourth-order valence-corrected chi connectivity index (χ4v) is 5.02. The van der Waals surface area contributed by atoms with Gasteiger partial charge in [-0.2, -0.15) is 0 Å². The smallest absolute Gasteiger partial charge is 0.306 e. The molecule has 1 N–H and O–H groups in total. The summed E-state index contributed by atoms with van der Waals surface area (Å²) < 4.78 is 29.1. The van der Waals surface area contributed by atoms with Gasteiger partial charge in [-0.3, -0.25) is 4.79 Å². The van der Waals surface area contributed by atoms with Gasteiger partial charge in [0.1, 0.15) is 11.3 Å². The van der Waals surface area contributed by atoms with Crippen LogP contribution in [0.1, 0.15) is 45.4 Å². The SMILES string of the molecule is C[C@H](C(=O)O)C12CC3CC(F)(CC(F)(C3)C1)C2. The topological polar surface area (TPSA) is 37.3 Å². The summed E-state index contributed by atoms with van der Waals surface area (Å²) in [6.45, 7) is 1.61. The van der Waals surface area contributed by atoms with E-state index in [0.717, 1.165) is 0 Å². The number of carboxylic acid groups (broad SMARTS) is 1. The Labute approximate surface area is 99.4 Å². The number of alkyl halides is 2. The number of rotatable bonds is 2. The molecular formula is C13H18F2O2. The van der Waals surface area contributed by atoms with Gasteiger partial charge in [-0.15, -0.1) is 0 Å². The monoisotopic (exact) mass is 244 g/mol. The summed E-state index contributed by atoms with van der Waals surface area (Å²) >= 11 is 0. The van der Waals surface area contributed by atoms with Crippen LogP contribution in [-0.4, -0.2) is 22.4 Å². The van der Waals surface area contributed by atoms with Crippen molar-refractivity contribution in [2.75, 3.05) is 0 Å². The molecule has 3 atom stereocenters. The number of halogens is 2. The Bertz CT molecular complexity index is 364. The molecule has 4 rings (SSSR count). The molecule has 0 radical (unpaired) electrons. The Morgan fingerprint density at radius 1 is 1.18 bits per heavy atom. The molecule has 96 valence electrons. The zero-order chi connectivity index (χ0) is 12.5. The summed E-state index contributed by atoms with van der Waals surface area (Å²) in [6, 6.07) is 0. The number of hydrogen-bond acceptors (Lipinski definition) is 1. The van der Waals surface area contributed by atoms with Crippen molar-refractivity contribution in [1.82, 2.24) is 0 Å². The molecule has 17 heavy (non-hydrogen) atoms. The molecule has 0 aromatic heterocycles. The van der Waals surface area contributed by atoms with Crippen LogP contribution in [0.25, 0.3) is 0 Å². The molecule has 0 aromatic rings. The second-order valence-electron chi connectivity index (χ2n) is 6.73.